The van der Waals surface area contributed by atoms with Crippen molar-refractivity contribution in [2.24, 2.45) is 5.84 Å². The monoisotopic (exact) mass is 287 g/mol. The fourth-order valence-electron chi connectivity index (χ4n) is 1.81. The van der Waals surface area contributed by atoms with Crippen LogP contribution in [-0.4, -0.2) is 5.91 Å². The number of hydrogen-bond donors (Lipinski definition) is 3. The molecular formula is C15H17N3OS. The second-order valence-electron chi connectivity index (χ2n) is 4.50. The maximum absolute atomic E-state index is 11.5. The van der Waals surface area contributed by atoms with Crippen molar-refractivity contribution >= 4 is 23.4 Å². The lowest BCUT2D eigenvalue weighted by Crippen LogP contribution is -2.29. The van der Waals surface area contributed by atoms with Crippen molar-refractivity contribution < 1.29 is 4.79 Å². The Hall–Kier alpha value is -1.98. The Morgan fingerprint density at radius 3 is 2.80 bits per heavy atom. The molecule has 0 aliphatic heterocycles. The number of nitrogens with two attached hydrogens (primary N) is 2. The van der Waals surface area contributed by atoms with E-state index in [2.05, 4.69) is 11.5 Å². The van der Waals surface area contributed by atoms with Gasteiger partial charge in [0.2, 0.25) is 0 Å². The molecule has 0 saturated carbocycles. The van der Waals surface area contributed by atoms with Crippen LogP contribution in [-0.2, 0) is 5.75 Å². The minimum atomic E-state index is -0.285. The number of thioether (sulfide) groups is 1. The lowest BCUT2D eigenvalue weighted by molar-refractivity contribution is 0.0953. The summed E-state index contributed by atoms with van der Waals surface area (Å²) in [5.41, 5.74) is 11.6. The molecule has 0 unspecified atom stereocenters. The van der Waals surface area contributed by atoms with E-state index in [0.717, 1.165) is 21.9 Å². The second kappa shape index (κ2) is 6.45. The molecule has 0 atom stereocenters. The molecule has 2 aromatic carbocycles. The van der Waals surface area contributed by atoms with Gasteiger partial charge in [0, 0.05) is 21.9 Å². The number of hydrogen-bond acceptors (Lipinski definition) is 4. The fourth-order valence-corrected chi connectivity index (χ4v) is 2.82. The first kappa shape index (κ1) is 14.4. The summed E-state index contributed by atoms with van der Waals surface area (Å²) < 4.78 is 0. The molecule has 0 heterocycles. The Kier molecular flexibility index (Phi) is 4.65. The van der Waals surface area contributed by atoms with Gasteiger partial charge in [0.25, 0.3) is 5.91 Å². The summed E-state index contributed by atoms with van der Waals surface area (Å²) in [4.78, 5) is 12.5. The van der Waals surface area contributed by atoms with E-state index in [0.29, 0.717) is 5.56 Å². The third-order valence-electron chi connectivity index (χ3n) is 2.88. The van der Waals surface area contributed by atoms with Gasteiger partial charge in [-0.2, -0.15) is 0 Å². The first-order valence-electron chi connectivity index (χ1n) is 6.19. The van der Waals surface area contributed by atoms with Crippen molar-refractivity contribution in [3.05, 3.63) is 59.2 Å². The van der Waals surface area contributed by atoms with Crippen LogP contribution >= 0.6 is 11.8 Å². The van der Waals surface area contributed by atoms with Crippen molar-refractivity contribution in [3.63, 3.8) is 0 Å². The van der Waals surface area contributed by atoms with Crippen molar-refractivity contribution in [3.8, 4) is 0 Å². The molecule has 2 aromatic rings. The number of nitrogens with one attached hydrogen (secondary N) is 1. The Bertz CT molecular complexity index is 628. The summed E-state index contributed by atoms with van der Waals surface area (Å²) in [7, 11) is 0. The molecule has 0 saturated heterocycles. The Balaban J connectivity index is 2.11. The summed E-state index contributed by atoms with van der Waals surface area (Å²) >= 11 is 1.65. The van der Waals surface area contributed by atoms with Crippen LogP contribution in [0.3, 0.4) is 0 Å². The average Bonchev–Trinajstić information content (AvgIpc) is 2.47. The molecule has 0 fully saturated rings. The Labute approximate surface area is 122 Å². The van der Waals surface area contributed by atoms with Gasteiger partial charge in [0.15, 0.2) is 0 Å². The zero-order valence-corrected chi connectivity index (χ0v) is 12.0. The van der Waals surface area contributed by atoms with Gasteiger partial charge >= 0.3 is 0 Å². The molecule has 1 amide bonds. The van der Waals surface area contributed by atoms with E-state index in [-0.39, 0.29) is 5.91 Å². The van der Waals surface area contributed by atoms with Crippen molar-refractivity contribution in [1.29, 1.82) is 0 Å². The van der Waals surface area contributed by atoms with Gasteiger partial charge in [-0.15, -0.1) is 11.8 Å². The minimum Gasteiger partial charge on any atom is -0.398 e. The van der Waals surface area contributed by atoms with Gasteiger partial charge in [0.05, 0.1) is 0 Å². The summed E-state index contributed by atoms with van der Waals surface area (Å²) in [6.45, 7) is 2.04. The Morgan fingerprint density at radius 2 is 2.05 bits per heavy atom. The van der Waals surface area contributed by atoms with Crippen LogP contribution in [0.2, 0.25) is 0 Å². The molecule has 0 aromatic heterocycles. The summed E-state index contributed by atoms with van der Waals surface area (Å²) in [6, 6.07) is 13.4. The van der Waals surface area contributed by atoms with E-state index < -0.39 is 0 Å². The predicted octanol–water partition coefficient (Wildman–Crippen LogP) is 2.47. The fraction of sp³-hybridized carbons (Fsp3) is 0.133. The van der Waals surface area contributed by atoms with Gasteiger partial charge in [-0.05, 0) is 42.3 Å². The number of aryl methyl sites for hydroxylation is 1. The van der Waals surface area contributed by atoms with Crippen LogP contribution in [0.25, 0.3) is 0 Å². The highest BCUT2D eigenvalue weighted by molar-refractivity contribution is 7.98. The van der Waals surface area contributed by atoms with Crippen LogP contribution in [0.15, 0.2) is 47.4 Å². The normalized spacial score (nSPS) is 10.3. The van der Waals surface area contributed by atoms with Crippen molar-refractivity contribution in [2.75, 3.05) is 5.73 Å². The molecule has 2 rings (SSSR count). The summed E-state index contributed by atoms with van der Waals surface area (Å²) in [5.74, 6) is 5.60. The summed E-state index contributed by atoms with van der Waals surface area (Å²) in [5, 5.41) is 0. The van der Waals surface area contributed by atoms with Gasteiger partial charge in [-0.1, -0.05) is 18.2 Å². The molecule has 0 aliphatic rings. The molecule has 5 heteroatoms. The lowest BCUT2D eigenvalue weighted by Gasteiger charge is -2.07. The first-order valence-corrected chi connectivity index (χ1v) is 7.17. The molecule has 4 nitrogen and oxygen atoms in total. The molecule has 104 valence electrons. The van der Waals surface area contributed by atoms with Crippen LogP contribution in [0, 0.1) is 6.92 Å². The van der Waals surface area contributed by atoms with Crippen LogP contribution in [0.4, 0.5) is 5.69 Å². The maximum atomic E-state index is 11.5. The quantitative estimate of drug-likeness (QED) is 0.265. The molecular weight excluding hydrogens is 270 g/mol. The number of anilines is 1. The largest absolute Gasteiger partial charge is 0.398 e. The number of amides is 1. The molecule has 5 N–H and O–H groups in total. The third kappa shape index (κ3) is 3.53. The Morgan fingerprint density at radius 1 is 1.25 bits per heavy atom. The standard InChI is InChI=1S/C15H17N3OS/c1-10-5-6-13(16)14(7-10)20-9-11-3-2-4-12(8-11)15(19)18-17/h2-8H,9,16-17H2,1H3,(H,18,19). The number of hydrazine groups is 1. The number of carbonyl (C=O) groups is 1. The number of rotatable bonds is 4. The highest BCUT2D eigenvalue weighted by Gasteiger charge is 2.05. The van der Waals surface area contributed by atoms with Gasteiger partial charge in [-0.25, -0.2) is 5.84 Å². The molecule has 0 radical (unpaired) electrons. The van der Waals surface area contributed by atoms with E-state index >= 15 is 0 Å². The van der Waals surface area contributed by atoms with Crippen molar-refractivity contribution in [1.82, 2.24) is 5.43 Å². The van der Waals surface area contributed by atoms with Gasteiger partial charge < -0.3 is 5.73 Å². The van der Waals surface area contributed by atoms with Crippen LogP contribution < -0.4 is 17.0 Å². The van der Waals surface area contributed by atoms with E-state index in [1.165, 1.54) is 5.56 Å². The van der Waals surface area contributed by atoms with E-state index in [1.807, 2.05) is 37.3 Å². The number of carbonyl (C=O) groups excluding carboxylic acids is 1. The summed E-state index contributed by atoms with van der Waals surface area (Å²) in [6.07, 6.45) is 0. The third-order valence-corrected chi connectivity index (χ3v) is 4.03. The van der Waals surface area contributed by atoms with E-state index in [4.69, 9.17) is 11.6 Å². The highest BCUT2D eigenvalue weighted by atomic mass is 32.2. The molecule has 20 heavy (non-hydrogen) atoms. The van der Waals surface area contributed by atoms with Gasteiger partial charge in [0.1, 0.15) is 0 Å². The first-order chi connectivity index (χ1) is 9.60. The zero-order valence-electron chi connectivity index (χ0n) is 11.2. The second-order valence-corrected chi connectivity index (χ2v) is 5.52. The number of nitrogen functional groups attached to an aromatic ring is 2. The maximum Gasteiger partial charge on any atom is 0.265 e. The topological polar surface area (TPSA) is 81.1 Å². The predicted molar refractivity (Wildman–Crippen MR) is 83.2 cm³/mol. The van der Waals surface area contributed by atoms with E-state index in [1.54, 1.807) is 17.8 Å². The number of benzene rings is 2. The van der Waals surface area contributed by atoms with Crippen LogP contribution in [0.1, 0.15) is 21.5 Å². The molecule has 0 spiro atoms. The smallest absolute Gasteiger partial charge is 0.265 e. The average molecular weight is 287 g/mol. The van der Waals surface area contributed by atoms with Crippen molar-refractivity contribution in [2.45, 2.75) is 17.6 Å². The molecule has 0 aliphatic carbocycles. The SMILES string of the molecule is Cc1ccc(N)c(SCc2cccc(C(=O)NN)c2)c1. The zero-order chi connectivity index (χ0) is 14.5. The van der Waals surface area contributed by atoms with Gasteiger partial charge in [-0.3, -0.25) is 10.2 Å². The minimum absolute atomic E-state index is 0.285. The highest BCUT2D eigenvalue weighted by Crippen LogP contribution is 2.29. The van der Waals surface area contributed by atoms with Crippen LogP contribution in [0.5, 0.6) is 0 Å². The molecule has 0 bridgehead atoms. The lowest BCUT2D eigenvalue weighted by atomic mass is 10.1. The van der Waals surface area contributed by atoms with E-state index in [9.17, 15) is 4.79 Å².